The van der Waals surface area contributed by atoms with Gasteiger partial charge in [-0.2, -0.15) is 0 Å². The summed E-state index contributed by atoms with van der Waals surface area (Å²) in [5, 5.41) is 18.4. The normalized spacial score (nSPS) is 13.5. The molecule has 0 spiro atoms. The highest BCUT2D eigenvalue weighted by molar-refractivity contribution is 5.70. The fourth-order valence-electron chi connectivity index (χ4n) is 3.53. The van der Waals surface area contributed by atoms with E-state index in [1.165, 1.54) is 25.7 Å². The van der Waals surface area contributed by atoms with E-state index in [-0.39, 0.29) is 11.8 Å². The molecular formula is C22H42O4. The molecule has 0 amide bonds. The third-order valence-electron chi connectivity index (χ3n) is 5.37. The summed E-state index contributed by atoms with van der Waals surface area (Å²) in [5.74, 6) is -1.55. The van der Waals surface area contributed by atoms with E-state index in [0.29, 0.717) is 0 Å². The first kappa shape index (κ1) is 24.9. The van der Waals surface area contributed by atoms with Gasteiger partial charge in [-0.3, -0.25) is 9.59 Å². The van der Waals surface area contributed by atoms with Crippen LogP contribution in [0.25, 0.3) is 0 Å². The van der Waals surface area contributed by atoms with Crippen molar-refractivity contribution in [1.29, 1.82) is 0 Å². The van der Waals surface area contributed by atoms with Gasteiger partial charge in [-0.1, -0.05) is 90.9 Å². The van der Waals surface area contributed by atoms with Crippen molar-refractivity contribution in [2.75, 3.05) is 0 Å². The lowest BCUT2D eigenvalue weighted by molar-refractivity contribution is -0.143. The van der Waals surface area contributed by atoms with Gasteiger partial charge in [0.2, 0.25) is 0 Å². The van der Waals surface area contributed by atoms with Crippen LogP contribution < -0.4 is 0 Å². The third kappa shape index (κ3) is 14.1. The van der Waals surface area contributed by atoms with Crippen molar-refractivity contribution in [3.05, 3.63) is 0 Å². The van der Waals surface area contributed by atoms with Gasteiger partial charge in [0.15, 0.2) is 0 Å². The quantitative estimate of drug-likeness (QED) is 0.249. The Morgan fingerprint density at radius 1 is 0.538 bits per heavy atom. The third-order valence-corrected chi connectivity index (χ3v) is 5.37. The highest BCUT2D eigenvalue weighted by atomic mass is 16.4. The Hall–Kier alpha value is -1.06. The van der Waals surface area contributed by atoms with E-state index in [4.69, 9.17) is 0 Å². The summed E-state index contributed by atoms with van der Waals surface area (Å²) in [6.45, 7) is 4.21. The van der Waals surface area contributed by atoms with Crippen LogP contribution in [0.5, 0.6) is 0 Å². The monoisotopic (exact) mass is 370 g/mol. The molecule has 0 aliphatic heterocycles. The molecular weight excluding hydrogens is 328 g/mol. The zero-order valence-electron chi connectivity index (χ0n) is 17.2. The van der Waals surface area contributed by atoms with Gasteiger partial charge in [-0.15, -0.1) is 0 Å². The van der Waals surface area contributed by atoms with E-state index in [9.17, 15) is 19.8 Å². The molecule has 0 aromatic heterocycles. The van der Waals surface area contributed by atoms with Gasteiger partial charge in [0.25, 0.3) is 0 Å². The summed E-state index contributed by atoms with van der Waals surface area (Å²) in [6.07, 6.45) is 16.6. The average Bonchev–Trinajstić information content (AvgIpc) is 2.60. The van der Waals surface area contributed by atoms with Gasteiger partial charge in [0.05, 0.1) is 11.8 Å². The van der Waals surface area contributed by atoms with E-state index in [0.717, 1.165) is 77.0 Å². The molecule has 2 atom stereocenters. The highest BCUT2D eigenvalue weighted by Crippen LogP contribution is 2.20. The minimum Gasteiger partial charge on any atom is -0.481 e. The predicted molar refractivity (Wildman–Crippen MR) is 107 cm³/mol. The van der Waals surface area contributed by atoms with Crippen molar-refractivity contribution < 1.29 is 19.8 Å². The van der Waals surface area contributed by atoms with Crippen molar-refractivity contribution in [3.8, 4) is 0 Å². The van der Waals surface area contributed by atoms with Crippen molar-refractivity contribution in [2.24, 2.45) is 11.8 Å². The van der Waals surface area contributed by atoms with Crippen molar-refractivity contribution in [2.45, 2.75) is 117 Å². The second kappa shape index (κ2) is 17.4. The number of carbonyl (C=O) groups is 2. The van der Waals surface area contributed by atoms with Crippen molar-refractivity contribution in [3.63, 3.8) is 0 Å². The van der Waals surface area contributed by atoms with E-state index >= 15 is 0 Å². The van der Waals surface area contributed by atoms with E-state index in [2.05, 4.69) is 13.8 Å². The molecule has 0 aliphatic carbocycles. The van der Waals surface area contributed by atoms with Gasteiger partial charge in [0.1, 0.15) is 0 Å². The number of carboxylic acids is 2. The fourth-order valence-corrected chi connectivity index (χ4v) is 3.53. The molecule has 0 aliphatic rings. The van der Waals surface area contributed by atoms with Crippen LogP contribution in [0, 0.1) is 11.8 Å². The zero-order chi connectivity index (χ0) is 19.6. The second-order valence-corrected chi connectivity index (χ2v) is 7.76. The maximum atomic E-state index is 11.2. The first-order valence-corrected chi connectivity index (χ1v) is 11.0. The Balaban J connectivity index is 3.55. The zero-order valence-corrected chi connectivity index (χ0v) is 17.2. The predicted octanol–water partition coefficient (Wildman–Crippen LogP) is 6.67. The molecule has 26 heavy (non-hydrogen) atoms. The van der Waals surface area contributed by atoms with Crippen LogP contribution in [-0.4, -0.2) is 22.2 Å². The molecule has 0 aromatic carbocycles. The molecule has 2 unspecified atom stereocenters. The molecule has 0 fully saturated rings. The summed E-state index contributed by atoms with van der Waals surface area (Å²) in [5.41, 5.74) is 0. The van der Waals surface area contributed by atoms with Crippen LogP contribution in [0.4, 0.5) is 0 Å². The van der Waals surface area contributed by atoms with Gasteiger partial charge in [0, 0.05) is 0 Å². The Labute approximate surface area is 160 Å². The SMILES string of the molecule is CCCCC(CCCCCCCCCCC(CCCC)C(=O)O)C(=O)O. The average molecular weight is 371 g/mol. The van der Waals surface area contributed by atoms with Crippen LogP contribution in [0.1, 0.15) is 117 Å². The fraction of sp³-hybridized carbons (Fsp3) is 0.909. The van der Waals surface area contributed by atoms with Crippen LogP contribution in [0.2, 0.25) is 0 Å². The van der Waals surface area contributed by atoms with Crippen LogP contribution >= 0.6 is 0 Å². The molecule has 0 rings (SSSR count). The number of hydrogen-bond donors (Lipinski definition) is 2. The minimum atomic E-state index is -0.628. The summed E-state index contributed by atoms with van der Waals surface area (Å²) < 4.78 is 0. The Morgan fingerprint density at radius 2 is 0.808 bits per heavy atom. The molecule has 0 saturated heterocycles. The molecule has 4 nitrogen and oxygen atoms in total. The summed E-state index contributed by atoms with van der Waals surface area (Å²) in [7, 11) is 0. The molecule has 0 radical (unpaired) electrons. The lowest BCUT2D eigenvalue weighted by Gasteiger charge is -2.12. The Kier molecular flexibility index (Phi) is 16.7. The van der Waals surface area contributed by atoms with Crippen LogP contribution in [0.15, 0.2) is 0 Å². The lowest BCUT2D eigenvalue weighted by atomic mass is 9.94. The molecule has 154 valence electrons. The summed E-state index contributed by atoms with van der Waals surface area (Å²) in [6, 6.07) is 0. The van der Waals surface area contributed by atoms with E-state index in [1.54, 1.807) is 0 Å². The van der Waals surface area contributed by atoms with Crippen molar-refractivity contribution in [1.82, 2.24) is 0 Å². The maximum absolute atomic E-state index is 11.2. The number of unbranched alkanes of at least 4 members (excludes halogenated alkanes) is 9. The summed E-state index contributed by atoms with van der Waals surface area (Å²) in [4.78, 5) is 22.4. The standard InChI is InChI=1S/C22H42O4/c1-3-5-15-19(21(23)24)17-13-11-9-7-8-10-12-14-18-20(22(25)26)16-6-4-2/h19-20H,3-18H2,1-2H3,(H,23,24)(H,25,26). The van der Waals surface area contributed by atoms with Gasteiger partial charge < -0.3 is 10.2 Å². The number of rotatable bonds is 19. The molecule has 0 bridgehead atoms. The lowest BCUT2D eigenvalue weighted by Crippen LogP contribution is -2.13. The number of hydrogen-bond acceptors (Lipinski definition) is 2. The summed E-state index contributed by atoms with van der Waals surface area (Å²) >= 11 is 0. The topological polar surface area (TPSA) is 74.6 Å². The van der Waals surface area contributed by atoms with Crippen LogP contribution in [0.3, 0.4) is 0 Å². The molecule has 0 heterocycles. The van der Waals surface area contributed by atoms with Gasteiger partial charge in [-0.05, 0) is 25.7 Å². The van der Waals surface area contributed by atoms with E-state index in [1.807, 2.05) is 0 Å². The molecule has 0 saturated carbocycles. The number of aliphatic carboxylic acids is 2. The second-order valence-electron chi connectivity index (χ2n) is 7.76. The minimum absolute atomic E-state index is 0.148. The number of carboxylic acid groups (broad SMARTS) is 2. The highest BCUT2D eigenvalue weighted by Gasteiger charge is 2.16. The Bertz CT molecular complexity index is 320. The first-order valence-electron chi connectivity index (χ1n) is 11.0. The van der Waals surface area contributed by atoms with Gasteiger partial charge >= 0.3 is 11.9 Å². The smallest absolute Gasteiger partial charge is 0.306 e. The molecule has 4 heteroatoms. The Morgan fingerprint density at radius 3 is 1.08 bits per heavy atom. The van der Waals surface area contributed by atoms with Crippen molar-refractivity contribution >= 4 is 11.9 Å². The largest absolute Gasteiger partial charge is 0.481 e. The van der Waals surface area contributed by atoms with Gasteiger partial charge in [-0.25, -0.2) is 0 Å². The van der Waals surface area contributed by atoms with Crippen LogP contribution in [-0.2, 0) is 9.59 Å². The molecule has 2 N–H and O–H groups in total. The first-order chi connectivity index (χ1) is 12.5. The van der Waals surface area contributed by atoms with E-state index < -0.39 is 11.9 Å². The maximum Gasteiger partial charge on any atom is 0.306 e. The molecule has 0 aromatic rings.